The monoisotopic (exact) mass is 512 g/mol. The molecule has 34 heavy (non-hydrogen) atoms. The van der Waals surface area contributed by atoms with Crippen LogP contribution in [0.3, 0.4) is 0 Å². The van der Waals surface area contributed by atoms with Crippen molar-refractivity contribution in [1.82, 2.24) is 5.32 Å². The van der Waals surface area contributed by atoms with Gasteiger partial charge in [-0.1, -0.05) is 29.8 Å². The fourth-order valence-electron chi connectivity index (χ4n) is 2.96. The van der Waals surface area contributed by atoms with Crippen LogP contribution in [0.4, 0.5) is 32.0 Å². The number of aliphatic hydroxyl groups is 1. The Kier molecular flexibility index (Phi) is 8.84. The van der Waals surface area contributed by atoms with Crippen molar-refractivity contribution in [3.8, 4) is 0 Å². The number of carbonyl (C=O) groups excluding carboxylic acids is 1. The van der Waals surface area contributed by atoms with E-state index in [0.717, 1.165) is 12.1 Å². The molecule has 0 aliphatic carbocycles. The van der Waals surface area contributed by atoms with E-state index in [2.05, 4.69) is 10.6 Å². The van der Waals surface area contributed by atoms with Gasteiger partial charge in [0.1, 0.15) is 0 Å². The summed E-state index contributed by atoms with van der Waals surface area (Å²) < 4.78 is 85.0. The summed E-state index contributed by atoms with van der Waals surface area (Å²) in [5.74, 6) is -0.288. The van der Waals surface area contributed by atoms with Gasteiger partial charge in [0.25, 0.3) is 0 Å². The average Bonchev–Trinajstić information content (AvgIpc) is 2.75. The number of hydrogen-bond donors (Lipinski definition) is 3. The predicted octanol–water partition coefficient (Wildman–Crippen LogP) is 5.26. The Morgan fingerprint density at radius 3 is 2.29 bits per heavy atom. The van der Waals surface area contributed by atoms with Crippen LogP contribution in [0.5, 0.6) is 0 Å². The third-order valence-corrected chi connectivity index (χ3v) is 5.44. The number of anilines is 1. The van der Waals surface area contributed by atoms with Crippen LogP contribution in [-0.4, -0.2) is 36.9 Å². The molecule has 0 saturated carbocycles. The molecule has 3 N–H and O–H groups in total. The van der Waals surface area contributed by atoms with E-state index >= 15 is 0 Å². The summed E-state index contributed by atoms with van der Waals surface area (Å²) in [6, 6.07) is 6.55. The zero-order valence-corrected chi connectivity index (χ0v) is 18.9. The molecular weight excluding hydrogens is 490 g/mol. The van der Waals surface area contributed by atoms with E-state index in [9.17, 15) is 36.2 Å². The second-order valence-electron chi connectivity index (χ2n) is 7.62. The Labute approximate surface area is 197 Å². The van der Waals surface area contributed by atoms with Crippen molar-refractivity contribution < 1.29 is 41.0 Å². The number of methoxy groups -OCH3 is 1. The van der Waals surface area contributed by atoms with Gasteiger partial charge in [-0.15, -0.1) is 0 Å². The van der Waals surface area contributed by atoms with Crippen LogP contribution in [0.2, 0.25) is 5.02 Å². The summed E-state index contributed by atoms with van der Waals surface area (Å²) in [6.07, 6.45) is -10.3. The molecule has 12 heteroatoms. The third kappa shape index (κ3) is 7.00. The average molecular weight is 513 g/mol. The molecule has 0 saturated heterocycles. The molecule has 0 spiro atoms. The van der Waals surface area contributed by atoms with Gasteiger partial charge >= 0.3 is 12.4 Å². The predicted molar refractivity (Wildman–Crippen MR) is 114 cm³/mol. The van der Waals surface area contributed by atoms with Crippen molar-refractivity contribution in [2.24, 2.45) is 0 Å². The second kappa shape index (κ2) is 10.8. The van der Waals surface area contributed by atoms with E-state index < -0.39 is 35.6 Å². The van der Waals surface area contributed by atoms with Gasteiger partial charge in [0.2, 0.25) is 11.5 Å². The minimum atomic E-state index is -5.28. The Morgan fingerprint density at radius 2 is 1.74 bits per heavy atom. The van der Waals surface area contributed by atoms with Crippen LogP contribution in [0.25, 0.3) is 0 Å². The maximum absolute atomic E-state index is 13.7. The first-order valence-electron chi connectivity index (χ1n) is 9.96. The Morgan fingerprint density at radius 1 is 1.09 bits per heavy atom. The molecular formula is C22H23ClF6N2O3. The molecule has 2 aromatic carbocycles. The van der Waals surface area contributed by atoms with Gasteiger partial charge in [0, 0.05) is 24.4 Å². The van der Waals surface area contributed by atoms with Gasteiger partial charge in [-0.2, -0.15) is 26.3 Å². The molecule has 0 aliphatic heterocycles. The highest BCUT2D eigenvalue weighted by Crippen LogP contribution is 2.41. The first-order valence-corrected chi connectivity index (χ1v) is 10.3. The molecule has 0 aliphatic rings. The van der Waals surface area contributed by atoms with E-state index in [4.69, 9.17) is 16.3 Å². The lowest BCUT2D eigenvalue weighted by Crippen LogP contribution is -2.48. The standard InChI is InChI=1S/C22H23ClF6N2O3/c1-13(34-2)8-19(32)30-11-14-6-7-17(10-18(14)23)31-12-20(33,22(27,28)29)15-4-3-5-16(9-15)21(24,25)26/h3-7,9-10,13,31,33H,8,11-12H2,1-2H3,(H,30,32)/t13-,20-/m0/s1. The van der Waals surface area contributed by atoms with Gasteiger partial charge in [-0.3, -0.25) is 4.79 Å². The fraction of sp³-hybridized carbons (Fsp3) is 0.409. The molecule has 0 radical (unpaired) electrons. The topological polar surface area (TPSA) is 70.6 Å². The lowest BCUT2D eigenvalue weighted by molar-refractivity contribution is -0.260. The lowest BCUT2D eigenvalue weighted by Gasteiger charge is -2.32. The second-order valence-corrected chi connectivity index (χ2v) is 8.03. The molecule has 188 valence electrons. The van der Waals surface area contributed by atoms with E-state index in [1.807, 2.05) is 0 Å². The van der Waals surface area contributed by atoms with Gasteiger partial charge in [0.05, 0.1) is 24.6 Å². The zero-order valence-electron chi connectivity index (χ0n) is 18.1. The number of rotatable bonds is 9. The van der Waals surface area contributed by atoms with Crippen LogP contribution in [0, 0.1) is 0 Å². The molecule has 0 unspecified atom stereocenters. The summed E-state index contributed by atoms with van der Waals surface area (Å²) in [5, 5.41) is 15.5. The van der Waals surface area contributed by atoms with E-state index in [-0.39, 0.29) is 41.8 Å². The quantitative estimate of drug-likeness (QED) is 0.401. The number of amides is 1. The van der Waals surface area contributed by atoms with Crippen molar-refractivity contribution in [1.29, 1.82) is 0 Å². The fourth-order valence-corrected chi connectivity index (χ4v) is 3.21. The van der Waals surface area contributed by atoms with Crippen LogP contribution >= 0.6 is 11.6 Å². The summed E-state index contributed by atoms with van der Waals surface area (Å²) in [7, 11) is 1.47. The van der Waals surface area contributed by atoms with Crippen molar-refractivity contribution >= 4 is 23.2 Å². The lowest BCUT2D eigenvalue weighted by atomic mass is 9.91. The number of nitrogens with one attached hydrogen (secondary N) is 2. The van der Waals surface area contributed by atoms with Gasteiger partial charge in [0.15, 0.2) is 0 Å². The summed E-state index contributed by atoms with van der Waals surface area (Å²) in [6.45, 7) is 0.610. The molecule has 0 heterocycles. The van der Waals surface area contributed by atoms with Crippen LogP contribution in [0.1, 0.15) is 30.0 Å². The first kappa shape index (κ1) is 27.7. The highest BCUT2D eigenvalue weighted by Gasteiger charge is 2.55. The zero-order chi connectivity index (χ0) is 25.7. The van der Waals surface area contributed by atoms with Crippen LogP contribution < -0.4 is 10.6 Å². The third-order valence-electron chi connectivity index (χ3n) is 5.09. The van der Waals surface area contributed by atoms with Crippen molar-refractivity contribution in [3.05, 3.63) is 64.2 Å². The van der Waals surface area contributed by atoms with Crippen molar-refractivity contribution in [3.63, 3.8) is 0 Å². The first-order chi connectivity index (χ1) is 15.7. The van der Waals surface area contributed by atoms with Gasteiger partial charge < -0.3 is 20.5 Å². The highest BCUT2D eigenvalue weighted by molar-refractivity contribution is 6.31. The maximum atomic E-state index is 13.7. The SMILES string of the molecule is CO[C@@H](C)CC(=O)NCc1ccc(NC[C@](O)(c2cccc(C(F)(F)F)c2)C(F)(F)F)cc1Cl. The molecule has 2 aromatic rings. The number of ether oxygens (including phenoxy) is 1. The molecule has 2 atom stereocenters. The molecule has 0 aromatic heterocycles. The summed E-state index contributed by atoms with van der Waals surface area (Å²) in [5.41, 5.74) is -5.32. The summed E-state index contributed by atoms with van der Waals surface area (Å²) >= 11 is 6.15. The Bertz CT molecular complexity index is 999. The molecule has 1 amide bonds. The highest BCUT2D eigenvalue weighted by atomic mass is 35.5. The van der Waals surface area contributed by atoms with E-state index in [0.29, 0.717) is 11.6 Å². The number of halogens is 7. The van der Waals surface area contributed by atoms with Gasteiger partial charge in [-0.05, 0) is 42.3 Å². The van der Waals surface area contributed by atoms with E-state index in [1.54, 1.807) is 6.92 Å². The van der Waals surface area contributed by atoms with Crippen molar-refractivity contribution in [2.75, 3.05) is 19.0 Å². The van der Waals surface area contributed by atoms with Crippen LogP contribution in [-0.2, 0) is 27.9 Å². The largest absolute Gasteiger partial charge is 0.423 e. The number of benzene rings is 2. The Balaban J connectivity index is 2.16. The molecule has 2 rings (SSSR count). The minimum absolute atomic E-state index is 0.0606. The minimum Gasteiger partial charge on any atom is -0.381 e. The molecule has 0 fully saturated rings. The summed E-state index contributed by atoms with van der Waals surface area (Å²) in [4.78, 5) is 11.8. The number of hydrogen-bond acceptors (Lipinski definition) is 4. The van der Waals surface area contributed by atoms with Crippen LogP contribution in [0.15, 0.2) is 42.5 Å². The normalized spacial score (nSPS) is 14.9. The van der Waals surface area contributed by atoms with E-state index in [1.165, 1.54) is 25.3 Å². The van der Waals surface area contributed by atoms with Gasteiger partial charge in [-0.25, -0.2) is 0 Å². The maximum Gasteiger partial charge on any atom is 0.423 e. The number of carbonyl (C=O) groups is 1. The smallest absolute Gasteiger partial charge is 0.381 e. The molecule has 5 nitrogen and oxygen atoms in total. The number of alkyl halides is 6. The Hall–Kier alpha value is -2.50. The molecule has 0 bridgehead atoms. The van der Waals surface area contributed by atoms with Crippen molar-refractivity contribution in [2.45, 2.75) is 43.9 Å².